The van der Waals surface area contributed by atoms with E-state index in [9.17, 15) is 0 Å². The SMILES string of the molecule is C1CCC(CN2CC(N3CCCNCC3)C2)CC1. The van der Waals surface area contributed by atoms with E-state index in [1.165, 1.54) is 84.3 Å². The van der Waals surface area contributed by atoms with Crippen LogP contribution < -0.4 is 5.32 Å². The van der Waals surface area contributed by atoms with E-state index in [4.69, 9.17) is 0 Å². The molecule has 0 atom stereocenters. The average molecular weight is 251 g/mol. The van der Waals surface area contributed by atoms with E-state index in [2.05, 4.69) is 15.1 Å². The molecule has 3 fully saturated rings. The zero-order valence-corrected chi connectivity index (χ0v) is 11.7. The van der Waals surface area contributed by atoms with Crippen LogP contribution >= 0.6 is 0 Å². The van der Waals surface area contributed by atoms with Crippen LogP contribution in [0.4, 0.5) is 0 Å². The Labute approximate surface area is 112 Å². The molecule has 0 unspecified atom stereocenters. The standard InChI is InChI=1S/C15H29N3/c1-2-5-14(6-3-1)11-17-12-15(13-17)18-9-4-7-16-8-10-18/h14-16H,1-13H2. The van der Waals surface area contributed by atoms with Crippen LogP contribution in [0.5, 0.6) is 0 Å². The molecule has 0 radical (unpaired) electrons. The minimum absolute atomic E-state index is 0.869. The first-order valence-electron chi connectivity index (χ1n) is 8.09. The third-order valence-corrected chi connectivity index (χ3v) is 5.07. The topological polar surface area (TPSA) is 18.5 Å². The predicted octanol–water partition coefficient (Wildman–Crippen LogP) is 1.55. The molecule has 3 nitrogen and oxygen atoms in total. The van der Waals surface area contributed by atoms with E-state index in [-0.39, 0.29) is 0 Å². The summed E-state index contributed by atoms with van der Waals surface area (Å²) in [5.41, 5.74) is 0. The van der Waals surface area contributed by atoms with Gasteiger partial charge in [-0.3, -0.25) is 9.80 Å². The van der Waals surface area contributed by atoms with Crippen molar-refractivity contribution in [3.8, 4) is 0 Å². The predicted molar refractivity (Wildman–Crippen MR) is 75.9 cm³/mol. The van der Waals surface area contributed by atoms with Crippen LogP contribution in [-0.2, 0) is 0 Å². The minimum Gasteiger partial charge on any atom is -0.315 e. The Morgan fingerprint density at radius 1 is 0.889 bits per heavy atom. The molecule has 2 aliphatic heterocycles. The van der Waals surface area contributed by atoms with Gasteiger partial charge in [0.1, 0.15) is 0 Å². The monoisotopic (exact) mass is 251 g/mol. The van der Waals surface area contributed by atoms with Crippen molar-refractivity contribution < 1.29 is 0 Å². The molecule has 2 saturated heterocycles. The number of rotatable bonds is 3. The summed E-state index contributed by atoms with van der Waals surface area (Å²) in [7, 11) is 0. The Hall–Kier alpha value is -0.120. The molecule has 0 amide bonds. The molecule has 0 spiro atoms. The molecule has 0 aromatic rings. The Balaban J connectivity index is 1.36. The third kappa shape index (κ3) is 3.25. The molecule has 18 heavy (non-hydrogen) atoms. The first-order chi connectivity index (χ1) is 8.92. The van der Waals surface area contributed by atoms with Crippen LogP contribution in [0.25, 0.3) is 0 Å². The van der Waals surface area contributed by atoms with Gasteiger partial charge in [0, 0.05) is 38.8 Å². The lowest BCUT2D eigenvalue weighted by Gasteiger charge is -2.46. The normalized spacial score (nSPS) is 30.0. The van der Waals surface area contributed by atoms with Gasteiger partial charge in [0.15, 0.2) is 0 Å². The Kier molecular flexibility index (Phi) is 4.55. The van der Waals surface area contributed by atoms with Gasteiger partial charge in [-0.25, -0.2) is 0 Å². The maximum absolute atomic E-state index is 3.50. The minimum atomic E-state index is 0.869. The van der Waals surface area contributed by atoms with Gasteiger partial charge in [0.05, 0.1) is 0 Å². The third-order valence-electron chi connectivity index (χ3n) is 5.07. The average Bonchev–Trinajstić information content (AvgIpc) is 2.63. The van der Waals surface area contributed by atoms with Crippen LogP contribution in [0.1, 0.15) is 38.5 Å². The number of hydrogen-bond acceptors (Lipinski definition) is 3. The summed E-state index contributed by atoms with van der Waals surface area (Å²) in [6.45, 7) is 9.07. The number of nitrogens with zero attached hydrogens (tertiary/aromatic N) is 2. The second kappa shape index (κ2) is 6.36. The van der Waals surface area contributed by atoms with Gasteiger partial charge >= 0.3 is 0 Å². The van der Waals surface area contributed by atoms with E-state index in [0.717, 1.165) is 12.0 Å². The highest BCUT2D eigenvalue weighted by atomic mass is 15.3. The van der Waals surface area contributed by atoms with Crippen molar-refractivity contribution in [1.29, 1.82) is 0 Å². The fourth-order valence-corrected chi connectivity index (χ4v) is 3.89. The van der Waals surface area contributed by atoms with Crippen LogP contribution in [0.3, 0.4) is 0 Å². The van der Waals surface area contributed by atoms with Crippen molar-refractivity contribution in [1.82, 2.24) is 15.1 Å². The summed E-state index contributed by atoms with van der Waals surface area (Å²) in [6, 6.07) is 0.869. The number of hydrogen-bond donors (Lipinski definition) is 1. The summed E-state index contributed by atoms with van der Waals surface area (Å²) in [6.07, 6.45) is 8.78. The molecule has 2 heterocycles. The molecule has 1 saturated carbocycles. The highest BCUT2D eigenvalue weighted by Gasteiger charge is 2.32. The van der Waals surface area contributed by atoms with Gasteiger partial charge in [-0.05, 0) is 38.3 Å². The van der Waals surface area contributed by atoms with Crippen molar-refractivity contribution in [3.05, 3.63) is 0 Å². The lowest BCUT2D eigenvalue weighted by molar-refractivity contribution is 0.0232. The van der Waals surface area contributed by atoms with Gasteiger partial charge in [-0.1, -0.05) is 19.3 Å². The molecule has 0 aromatic heterocycles. The Bertz CT molecular complexity index is 236. The fourth-order valence-electron chi connectivity index (χ4n) is 3.89. The van der Waals surface area contributed by atoms with Gasteiger partial charge in [-0.2, -0.15) is 0 Å². The maximum Gasteiger partial charge on any atom is 0.0351 e. The van der Waals surface area contributed by atoms with Crippen molar-refractivity contribution in [2.45, 2.75) is 44.6 Å². The van der Waals surface area contributed by atoms with Crippen LogP contribution in [0, 0.1) is 5.92 Å². The van der Waals surface area contributed by atoms with Crippen LogP contribution in [-0.4, -0.2) is 61.7 Å². The van der Waals surface area contributed by atoms with Gasteiger partial charge in [0.25, 0.3) is 0 Å². The van der Waals surface area contributed by atoms with Gasteiger partial charge in [-0.15, -0.1) is 0 Å². The molecular weight excluding hydrogens is 222 g/mol. The van der Waals surface area contributed by atoms with E-state index >= 15 is 0 Å². The van der Waals surface area contributed by atoms with Gasteiger partial charge in [0.2, 0.25) is 0 Å². The molecule has 3 heteroatoms. The van der Waals surface area contributed by atoms with E-state index in [1.54, 1.807) is 0 Å². The van der Waals surface area contributed by atoms with Crippen molar-refractivity contribution in [2.75, 3.05) is 45.8 Å². The highest BCUT2D eigenvalue weighted by molar-refractivity contribution is 4.90. The largest absolute Gasteiger partial charge is 0.315 e. The summed E-state index contributed by atoms with van der Waals surface area (Å²) in [4.78, 5) is 5.43. The van der Waals surface area contributed by atoms with Crippen molar-refractivity contribution >= 4 is 0 Å². The first kappa shape index (κ1) is 12.9. The molecule has 0 bridgehead atoms. The molecule has 3 rings (SSSR count). The Morgan fingerprint density at radius 2 is 1.72 bits per heavy atom. The van der Waals surface area contributed by atoms with Crippen molar-refractivity contribution in [3.63, 3.8) is 0 Å². The quantitative estimate of drug-likeness (QED) is 0.821. The molecular formula is C15H29N3. The summed E-state index contributed by atoms with van der Waals surface area (Å²) in [5.74, 6) is 1.02. The smallest absolute Gasteiger partial charge is 0.0351 e. The summed E-state index contributed by atoms with van der Waals surface area (Å²) >= 11 is 0. The lowest BCUT2D eigenvalue weighted by atomic mass is 9.88. The van der Waals surface area contributed by atoms with E-state index in [0.29, 0.717) is 0 Å². The summed E-state index contributed by atoms with van der Waals surface area (Å²) < 4.78 is 0. The molecule has 1 N–H and O–H groups in total. The Morgan fingerprint density at radius 3 is 2.56 bits per heavy atom. The van der Waals surface area contributed by atoms with Gasteiger partial charge < -0.3 is 5.32 Å². The maximum atomic E-state index is 3.50. The molecule has 3 aliphatic rings. The first-order valence-corrected chi connectivity index (χ1v) is 8.09. The fraction of sp³-hybridized carbons (Fsp3) is 1.00. The van der Waals surface area contributed by atoms with Crippen LogP contribution in [0.15, 0.2) is 0 Å². The summed E-state index contributed by atoms with van der Waals surface area (Å²) in [5, 5.41) is 3.50. The number of nitrogens with one attached hydrogen (secondary N) is 1. The zero-order chi connectivity index (χ0) is 12.2. The highest BCUT2D eigenvalue weighted by Crippen LogP contribution is 2.26. The number of likely N-dealkylation sites (tertiary alicyclic amines) is 1. The van der Waals surface area contributed by atoms with E-state index < -0.39 is 0 Å². The molecule has 0 aromatic carbocycles. The second-order valence-corrected chi connectivity index (χ2v) is 6.52. The van der Waals surface area contributed by atoms with Crippen molar-refractivity contribution in [2.24, 2.45) is 5.92 Å². The lowest BCUT2D eigenvalue weighted by Crippen LogP contribution is -2.60. The van der Waals surface area contributed by atoms with E-state index in [1.807, 2.05) is 0 Å². The second-order valence-electron chi connectivity index (χ2n) is 6.52. The molecule has 1 aliphatic carbocycles. The zero-order valence-electron chi connectivity index (χ0n) is 11.7. The molecule has 104 valence electrons. The van der Waals surface area contributed by atoms with Crippen LogP contribution in [0.2, 0.25) is 0 Å².